The highest BCUT2D eigenvalue weighted by Crippen LogP contribution is 2.31. The molecular weight excluding hydrogens is 238 g/mol. The van der Waals surface area contributed by atoms with E-state index in [1.807, 2.05) is 18.4 Å². The Labute approximate surface area is 114 Å². The third-order valence-electron chi connectivity index (χ3n) is 3.78. The molecule has 19 heavy (non-hydrogen) atoms. The molecule has 0 aliphatic carbocycles. The molecule has 1 saturated heterocycles. The maximum atomic E-state index is 5.70. The topological polar surface area (TPSA) is 31.7 Å². The summed E-state index contributed by atoms with van der Waals surface area (Å²) in [4.78, 5) is 4.77. The number of hydrogen-bond donors (Lipinski definition) is 1. The van der Waals surface area contributed by atoms with Gasteiger partial charge in [-0.1, -0.05) is 18.2 Å². The van der Waals surface area contributed by atoms with E-state index in [0.717, 1.165) is 31.8 Å². The number of fused-ring (bicyclic) bond motifs is 1. The zero-order valence-corrected chi connectivity index (χ0v) is 11.6. The second kappa shape index (κ2) is 5.33. The van der Waals surface area contributed by atoms with Gasteiger partial charge in [-0.25, -0.2) is 0 Å². The lowest BCUT2D eigenvalue weighted by Gasteiger charge is -2.38. The molecule has 1 aliphatic heterocycles. The molecule has 2 heterocycles. The van der Waals surface area contributed by atoms with Gasteiger partial charge in [-0.3, -0.25) is 9.80 Å². The summed E-state index contributed by atoms with van der Waals surface area (Å²) in [5.41, 5.74) is 2.24. The number of piperazine rings is 1. The zero-order chi connectivity index (χ0) is 13.2. The summed E-state index contributed by atoms with van der Waals surface area (Å²) < 4.78 is 5.70. The van der Waals surface area contributed by atoms with E-state index in [4.69, 9.17) is 4.42 Å². The molecule has 1 fully saturated rings. The fraction of sp³-hybridized carbons (Fsp3) is 0.467. The average Bonchev–Trinajstić information content (AvgIpc) is 2.84. The maximum Gasteiger partial charge on any atom is 0.134 e. The second-order valence-corrected chi connectivity index (χ2v) is 5.31. The number of benzene rings is 1. The number of para-hydroxylation sites is 1. The van der Waals surface area contributed by atoms with Gasteiger partial charge >= 0.3 is 0 Å². The third-order valence-corrected chi connectivity index (χ3v) is 3.78. The molecule has 0 bridgehead atoms. The van der Waals surface area contributed by atoms with Crippen molar-refractivity contribution in [2.75, 3.05) is 40.3 Å². The molecule has 1 aromatic heterocycles. The van der Waals surface area contributed by atoms with Crippen LogP contribution in [-0.4, -0.2) is 50.1 Å². The van der Waals surface area contributed by atoms with Crippen molar-refractivity contribution in [1.29, 1.82) is 0 Å². The predicted octanol–water partition coefficient (Wildman–Crippen LogP) is 1.90. The number of hydrogen-bond acceptors (Lipinski definition) is 4. The third kappa shape index (κ3) is 2.39. The monoisotopic (exact) mass is 259 g/mol. The van der Waals surface area contributed by atoms with Gasteiger partial charge in [0.1, 0.15) is 5.58 Å². The Morgan fingerprint density at radius 3 is 2.68 bits per heavy atom. The summed E-state index contributed by atoms with van der Waals surface area (Å²) in [5.74, 6) is 0. The van der Waals surface area contributed by atoms with E-state index in [-0.39, 0.29) is 6.17 Å². The quantitative estimate of drug-likeness (QED) is 0.912. The summed E-state index contributed by atoms with van der Waals surface area (Å²) in [7, 11) is 4.27. The van der Waals surface area contributed by atoms with Crippen LogP contribution in [0.1, 0.15) is 11.7 Å². The van der Waals surface area contributed by atoms with Crippen LogP contribution in [0.4, 0.5) is 0 Å². The first kappa shape index (κ1) is 12.7. The van der Waals surface area contributed by atoms with Crippen molar-refractivity contribution >= 4 is 11.0 Å². The molecule has 1 atom stereocenters. The lowest BCUT2D eigenvalue weighted by molar-refractivity contribution is 0.0677. The molecule has 1 aromatic carbocycles. The van der Waals surface area contributed by atoms with E-state index in [9.17, 15) is 0 Å². The van der Waals surface area contributed by atoms with Gasteiger partial charge in [-0.05, 0) is 20.2 Å². The Hall–Kier alpha value is -1.36. The van der Waals surface area contributed by atoms with Crippen LogP contribution in [0.25, 0.3) is 11.0 Å². The van der Waals surface area contributed by atoms with Crippen molar-refractivity contribution in [2.24, 2.45) is 0 Å². The molecular formula is C15H21N3O. The first-order valence-corrected chi connectivity index (χ1v) is 6.84. The minimum Gasteiger partial charge on any atom is -0.464 e. The summed E-state index contributed by atoms with van der Waals surface area (Å²) >= 11 is 0. The molecule has 0 amide bonds. The van der Waals surface area contributed by atoms with Gasteiger partial charge in [0.25, 0.3) is 0 Å². The normalized spacial score (nSPS) is 19.1. The van der Waals surface area contributed by atoms with Gasteiger partial charge in [0.15, 0.2) is 0 Å². The molecule has 4 nitrogen and oxygen atoms in total. The van der Waals surface area contributed by atoms with E-state index >= 15 is 0 Å². The SMILES string of the molecule is CN(C)C(c1coc2ccccc12)N1CCNCC1. The standard InChI is InChI=1S/C15H21N3O/c1-17(2)15(18-9-7-16-8-10-18)13-11-19-14-6-4-3-5-12(13)14/h3-6,11,15-16H,7-10H2,1-2H3. The van der Waals surface area contributed by atoms with Crippen LogP contribution in [0.15, 0.2) is 34.9 Å². The van der Waals surface area contributed by atoms with Crippen molar-refractivity contribution in [3.63, 3.8) is 0 Å². The fourth-order valence-corrected chi connectivity index (χ4v) is 2.93. The Morgan fingerprint density at radius 1 is 1.21 bits per heavy atom. The van der Waals surface area contributed by atoms with Crippen molar-refractivity contribution in [2.45, 2.75) is 6.17 Å². The van der Waals surface area contributed by atoms with Crippen molar-refractivity contribution in [3.05, 3.63) is 36.1 Å². The van der Waals surface area contributed by atoms with Gasteiger partial charge in [-0.15, -0.1) is 0 Å². The number of nitrogens with one attached hydrogen (secondary N) is 1. The van der Waals surface area contributed by atoms with E-state index < -0.39 is 0 Å². The minimum absolute atomic E-state index is 0.283. The number of rotatable bonds is 3. The maximum absolute atomic E-state index is 5.70. The molecule has 1 aliphatic rings. The van der Waals surface area contributed by atoms with Crippen LogP contribution < -0.4 is 5.32 Å². The fourth-order valence-electron chi connectivity index (χ4n) is 2.93. The van der Waals surface area contributed by atoms with E-state index in [1.54, 1.807) is 0 Å². The molecule has 2 aromatic rings. The smallest absolute Gasteiger partial charge is 0.134 e. The van der Waals surface area contributed by atoms with E-state index in [1.165, 1.54) is 10.9 Å². The minimum atomic E-state index is 0.283. The Bertz CT molecular complexity index is 543. The highest BCUT2D eigenvalue weighted by Gasteiger charge is 2.26. The van der Waals surface area contributed by atoms with Gasteiger partial charge < -0.3 is 9.73 Å². The molecule has 0 spiro atoms. The van der Waals surface area contributed by atoms with Gasteiger partial charge in [0.05, 0.1) is 12.4 Å². The van der Waals surface area contributed by atoms with Crippen LogP contribution in [0.2, 0.25) is 0 Å². The highest BCUT2D eigenvalue weighted by atomic mass is 16.3. The van der Waals surface area contributed by atoms with Crippen LogP contribution >= 0.6 is 0 Å². The van der Waals surface area contributed by atoms with Crippen LogP contribution in [0.3, 0.4) is 0 Å². The van der Waals surface area contributed by atoms with E-state index in [2.05, 4.69) is 41.3 Å². The van der Waals surface area contributed by atoms with Crippen LogP contribution in [-0.2, 0) is 0 Å². The molecule has 3 rings (SSSR count). The Balaban J connectivity index is 1.99. The van der Waals surface area contributed by atoms with Crippen LogP contribution in [0.5, 0.6) is 0 Å². The lowest BCUT2D eigenvalue weighted by Crippen LogP contribution is -2.48. The second-order valence-electron chi connectivity index (χ2n) is 5.31. The van der Waals surface area contributed by atoms with Gasteiger partial charge in [0, 0.05) is 37.1 Å². The van der Waals surface area contributed by atoms with Crippen molar-refractivity contribution < 1.29 is 4.42 Å². The molecule has 102 valence electrons. The molecule has 1 unspecified atom stereocenters. The summed E-state index contributed by atoms with van der Waals surface area (Å²) in [6.07, 6.45) is 2.20. The van der Waals surface area contributed by atoms with Crippen molar-refractivity contribution in [3.8, 4) is 0 Å². The highest BCUT2D eigenvalue weighted by molar-refractivity contribution is 5.81. The Kier molecular flexibility index (Phi) is 3.55. The first-order valence-electron chi connectivity index (χ1n) is 6.84. The van der Waals surface area contributed by atoms with Crippen LogP contribution in [0, 0.1) is 0 Å². The molecule has 0 saturated carbocycles. The average molecular weight is 259 g/mol. The summed E-state index contributed by atoms with van der Waals surface area (Å²) in [5, 5.41) is 4.63. The first-order chi connectivity index (χ1) is 9.27. The Morgan fingerprint density at radius 2 is 1.95 bits per heavy atom. The molecule has 1 N–H and O–H groups in total. The van der Waals surface area contributed by atoms with Gasteiger partial charge in [-0.2, -0.15) is 0 Å². The number of nitrogens with zero attached hydrogens (tertiary/aromatic N) is 2. The van der Waals surface area contributed by atoms with Gasteiger partial charge in [0.2, 0.25) is 0 Å². The van der Waals surface area contributed by atoms with E-state index in [0.29, 0.717) is 0 Å². The summed E-state index contributed by atoms with van der Waals surface area (Å²) in [6.45, 7) is 4.25. The zero-order valence-electron chi connectivity index (χ0n) is 11.6. The van der Waals surface area contributed by atoms with Crippen molar-refractivity contribution in [1.82, 2.24) is 15.1 Å². The largest absolute Gasteiger partial charge is 0.464 e. The number of furan rings is 1. The summed E-state index contributed by atoms with van der Waals surface area (Å²) in [6, 6.07) is 8.27. The predicted molar refractivity (Wildman–Crippen MR) is 77.1 cm³/mol. The molecule has 0 radical (unpaired) electrons. The molecule has 4 heteroatoms. The lowest BCUT2D eigenvalue weighted by atomic mass is 10.1.